The Hall–Kier alpha value is -2.93. The van der Waals surface area contributed by atoms with Gasteiger partial charge in [0.25, 0.3) is 5.89 Å². The standard InChI is InChI=1S/C18H13ClF2N2O3/c1-24-11-4-5-12(16(9-11)25-2)17-22-18(26-23-17)13(19)7-10-3-6-14(20)15(21)8-10/h3-9H,1-2H3/b13-7-. The van der Waals surface area contributed by atoms with Crippen LogP contribution in [-0.4, -0.2) is 24.4 Å². The molecule has 0 saturated heterocycles. The second-order valence-corrected chi connectivity index (χ2v) is 5.56. The third kappa shape index (κ3) is 3.67. The van der Waals surface area contributed by atoms with Crippen LogP contribution in [0.2, 0.25) is 0 Å². The molecule has 0 radical (unpaired) electrons. The number of halogens is 3. The van der Waals surface area contributed by atoms with Crippen LogP contribution < -0.4 is 9.47 Å². The van der Waals surface area contributed by atoms with Crippen molar-refractivity contribution in [1.82, 2.24) is 10.1 Å². The predicted molar refractivity (Wildman–Crippen MR) is 92.9 cm³/mol. The lowest BCUT2D eigenvalue weighted by atomic mass is 10.2. The van der Waals surface area contributed by atoms with Crippen LogP contribution in [-0.2, 0) is 0 Å². The molecule has 0 aliphatic rings. The number of methoxy groups -OCH3 is 2. The number of aromatic nitrogens is 2. The Bertz CT molecular complexity index is 973. The topological polar surface area (TPSA) is 57.4 Å². The molecule has 0 N–H and O–H groups in total. The summed E-state index contributed by atoms with van der Waals surface area (Å²) in [7, 11) is 3.05. The van der Waals surface area contributed by atoms with Crippen molar-refractivity contribution in [3.05, 3.63) is 59.5 Å². The van der Waals surface area contributed by atoms with E-state index >= 15 is 0 Å². The Morgan fingerprint density at radius 1 is 1.08 bits per heavy atom. The van der Waals surface area contributed by atoms with Crippen LogP contribution in [0, 0.1) is 11.6 Å². The summed E-state index contributed by atoms with van der Waals surface area (Å²) in [6, 6.07) is 8.54. The van der Waals surface area contributed by atoms with Crippen LogP contribution in [0.1, 0.15) is 11.5 Å². The van der Waals surface area contributed by atoms with E-state index in [1.165, 1.54) is 19.3 Å². The molecule has 0 saturated carbocycles. The lowest BCUT2D eigenvalue weighted by Crippen LogP contribution is -1.91. The summed E-state index contributed by atoms with van der Waals surface area (Å²) in [6.45, 7) is 0. The van der Waals surface area contributed by atoms with Gasteiger partial charge in [-0.15, -0.1) is 0 Å². The van der Waals surface area contributed by atoms with Gasteiger partial charge in [-0.3, -0.25) is 0 Å². The number of nitrogens with zero attached hydrogens (tertiary/aromatic N) is 2. The van der Waals surface area contributed by atoms with Gasteiger partial charge >= 0.3 is 0 Å². The zero-order valence-electron chi connectivity index (χ0n) is 13.8. The van der Waals surface area contributed by atoms with E-state index in [0.717, 1.165) is 12.1 Å². The Balaban J connectivity index is 1.92. The summed E-state index contributed by atoms with van der Waals surface area (Å²) in [5, 5.41) is 3.96. The molecule has 0 atom stereocenters. The SMILES string of the molecule is COc1ccc(-c2noc(/C(Cl)=C/c3ccc(F)c(F)c3)n2)c(OC)c1. The van der Waals surface area contributed by atoms with E-state index in [9.17, 15) is 8.78 Å². The third-order valence-corrected chi connectivity index (χ3v) is 3.79. The first-order chi connectivity index (χ1) is 12.5. The highest BCUT2D eigenvalue weighted by Gasteiger charge is 2.16. The van der Waals surface area contributed by atoms with Gasteiger partial charge in [0.15, 0.2) is 11.6 Å². The molecule has 0 bridgehead atoms. The zero-order chi connectivity index (χ0) is 18.7. The highest BCUT2D eigenvalue weighted by atomic mass is 35.5. The number of rotatable bonds is 5. The van der Waals surface area contributed by atoms with Gasteiger partial charge < -0.3 is 14.0 Å². The van der Waals surface area contributed by atoms with Crippen LogP contribution in [0.25, 0.3) is 22.5 Å². The zero-order valence-corrected chi connectivity index (χ0v) is 14.6. The van der Waals surface area contributed by atoms with Gasteiger partial charge in [-0.2, -0.15) is 4.98 Å². The molecular formula is C18H13ClF2N2O3. The van der Waals surface area contributed by atoms with E-state index in [1.54, 1.807) is 25.3 Å². The molecule has 8 heteroatoms. The molecule has 0 unspecified atom stereocenters. The lowest BCUT2D eigenvalue weighted by molar-refractivity contribution is 0.393. The van der Waals surface area contributed by atoms with Crippen LogP contribution in [0.15, 0.2) is 40.9 Å². The molecule has 0 spiro atoms. The van der Waals surface area contributed by atoms with Gasteiger partial charge in [-0.05, 0) is 35.9 Å². The lowest BCUT2D eigenvalue weighted by Gasteiger charge is -2.07. The van der Waals surface area contributed by atoms with Crippen molar-refractivity contribution >= 4 is 22.7 Å². The minimum absolute atomic E-state index is 0.0317. The summed E-state index contributed by atoms with van der Waals surface area (Å²) >= 11 is 6.15. The molecule has 1 aromatic heterocycles. The molecule has 0 aliphatic carbocycles. The fourth-order valence-corrected chi connectivity index (χ4v) is 2.43. The van der Waals surface area contributed by atoms with Crippen LogP contribution in [0.4, 0.5) is 8.78 Å². The van der Waals surface area contributed by atoms with E-state index in [0.29, 0.717) is 22.6 Å². The normalized spacial score (nSPS) is 11.5. The Morgan fingerprint density at radius 3 is 2.58 bits per heavy atom. The van der Waals surface area contributed by atoms with Crippen molar-refractivity contribution in [2.24, 2.45) is 0 Å². The quantitative estimate of drug-likeness (QED) is 0.640. The maximum Gasteiger partial charge on any atom is 0.269 e. The van der Waals surface area contributed by atoms with Crippen molar-refractivity contribution in [3.63, 3.8) is 0 Å². The number of hydrogen-bond donors (Lipinski definition) is 0. The summed E-state index contributed by atoms with van der Waals surface area (Å²) in [5.74, 6) is -0.508. The molecule has 0 fully saturated rings. The summed E-state index contributed by atoms with van der Waals surface area (Å²) in [6.07, 6.45) is 1.40. The summed E-state index contributed by atoms with van der Waals surface area (Å²) in [4.78, 5) is 4.21. The van der Waals surface area contributed by atoms with Crippen molar-refractivity contribution in [3.8, 4) is 22.9 Å². The highest BCUT2D eigenvalue weighted by Crippen LogP contribution is 2.32. The first-order valence-corrected chi connectivity index (χ1v) is 7.78. The molecule has 0 amide bonds. The van der Waals surface area contributed by atoms with Gasteiger partial charge in [-0.1, -0.05) is 22.8 Å². The van der Waals surface area contributed by atoms with Crippen LogP contribution in [0.5, 0.6) is 11.5 Å². The maximum absolute atomic E-state index is 13.3. The molecule has 1 heterocycles. The van der Waals surface area contributed by atoms with E-state index in [2.05, 4.69) is 10.1 Å². The van der Waals surface area contributed by atoms with E-state index in [4.69, 9.17) is 25.6 Å². The minimum Gasteiger partial charge on any atom is -0.497 e. The predicted octanol–water partition coefficient (Wildman–Crippen LogP) is 4.77. The van der Waals surface area contributed by atoms with Gasteiger partial charge in [0, 0.05) is 6.07 Å². The first kappa shape index (κ1) is 17.9. The number of ether oxygens (including phenoxy) is 2. The molecule has 134 valence electrons. The van der Waals surface area contributed by atoms with Gasteiger partial charge in [0.05, 0.1) is 19.8 Å². The van der Waals surface area contributed by atoms with Gasteiger partial charge in [0.2, 0.25) is 5.82 Å². The van der Waals surface area contributed by atoms with E-state index in [1.807, 2.05) is 0 Å². The Labute approximate surface area is 152 Å². The summed E-state index contributed by atoms with van der Waals surface area (Å²) in [5.41, 5.74) is 0.941. The second-order valence-electron chi connectivity index (χ2n) is 5.16. The van der Waals surface area contributed by atoms with Crippen LogP contribution in [0.3, 0.4) is 0 Å². The van der Waals surface area contributed by atoms with Crippen molar-refractivity contribution in [2.75, 3.05) is 14.2 Å². The molecule has 3 rings (SSSR count). The fraction of sp³-hybridized carbons (Fsp3) is 0.111. The number of benzene rings is 2. The monoisotopic (exact) mass is 378 g/mol. The maximum atomic E-state index is 13.3. The first-order valence-electron chi connectivity index (χ1n) is 7.40. The molecule has 26 heavy (non-hydrogen) atoms. The van der Waals surface area contributed by atoms with E-state index < -0.39 is 11.6 Å². The smallest absolute Gasteiger partial charge is 0.269 e. The fourth-order valence-electron chi connectivity index (χ4n) is 2.22. The second kappa shape index (κ2) is 7.53. The van der Waals surface area contributed by atoms with E-state index in [-0.39, 0.29) is 16.7 Å². The Kier molecular flexibility index (Phi) is 5.18. The molecule has 5 nitrogen and oxygen atoms in total. The van der Waals surface area contributed by atoms with Gasteiger partial charge in [-0.25, -0.2) is 8.78 Å². The highest BCUT2D eigenvalue weighted by molar-refractivity contribution is 6.50. The third-order valence-electron chi connectivity index (χ3n) is 3.52. The summed E-state index contributed by atoms with van der Waals surface area (Å²) < 4.78 is 41.9. The van der Waals surface area contributed by atoms with Crippen molar-refractivity contribution in [2.45, 2.75) is 0 Å². The number of hydrogen-bond acceptors (Lipinski definition) is 5. The average molecular weight is 379 g/mol. The largest absolute Gasteiger partial charge is 0.497 e. The average Bonchev–Trinajstić information content (AvgIpc) is 3.14. The Morgan fingerprint density at radius 2 is 1.88 bits per heavy atom. The van der Waals surface area contributed by atoms with Crippen LogP contribution >= 0.6 is 11.6 Å². The van der Waals surface area contributed by atoms with Crippen molar-refractivity contribution in [1.29, 1.82) is 0 Å². The van der Waals surface area contributed by atoms with Crippen molar-refractivity contribution < 1.29 is 22.8 Å². The molecule has 3 aromatic rings. The molecule has 0 aliphatic heterocycles. The molecular weight excluding hydrogens is 366 g/mol. The molecule has 2 aromatic carbocycles. The minimum atomic E-state index is -0.975. The van der Waals surface area contributed by atoms with Gasteiger partial charge in [0.1, 0.15) is 16.5 Å².